The Hall–Kier alpha value is -1.59. The Balaban J connectivity index is 1.96. The summed E-state index contributed by atoms with van der Waals surface area (Å²) in [6.07, 6.45) is 4.12. The number of hydrogen-bond donors (Lipinski definition) is 1. The first-order valence-electron chi connectivity index (χ1n) is 7.31. The predicted octanol–water partition coefficient (Wildman–Crippen LogP) is 3.94. The first-order chi connectivity index (χ1) is 9.97. The molecule has 0 radical (unpaired) electrons. The van der Waals surface area contributed by atoms with E-state index >= 15 is 0 Å². The van der Waals surface area contributed by atoms with Crippen LogP contribution in [0.1, 0.15) is 61.0 Å². The minimum absolute atomic E-state index is 0.111. The van der Waals surface area contributed by atoms with Gasteiger partial charge in [-0.3, -0.25) is 9.78 Å². The van der Waals surface area contributed by atoms with Crippen LogP contribution in [0.5, 0.6) is 0 Å². The third-order valence-electron chi connectivity index (χ3n) is 3.76. The second-order valence-electron chi connectivity index (χ2n) is 5.45. The number of carbonyl (C=O) groups excluding carboxylic acids is 1. The van der Waals surface area contributed by atoms with Crippen molar-refractivity contribution < 1.29 is 18.0 Å². The van der Waals surface area contributed by atoms with Crippen LogP contribution >= 0.6 is 0 Å². The van der Waals surface area contributed by atoms with E-state index in [1.807, 2.05) is 0 Å². The maximum Gasteiger partial charge on any atom is 0.433 e. The Morgan fingerprint density at radius 3 is 2.24 bits per heavy atom. The van der Waals surface area contributed by atoms with E-state index in [-0.39, 0.29) is 17.5 Å². The van der Waals surface area contributed by atoms with Crippen molar-refractivity contribution in [2.75, 3.05) is 0 Å². The van der Waals surface area contributed by atoms with E-state index in [1.165, 1.54) is 25.3 Å². The molecule has 0 aliphatic heterocycles. The topological polar surface area (TPSA) is 42.0 Å². The average Bonchev–Trinajstić information content (AvgIpc) is 2.41. The number of carbonyl (C=O) groups is 1. The van der Waals surface area contributed by atoms with Crippen molar-refractivity contribution in [3.63, 3.8) is 0 Å². The Kier molecular flexibility index (Phi) is 5.20. The highest BCUT2D eigenvalue weighted by atomic mass is 19.4. The zero-order valence-electron chi connectivity index (χ0n) is 11.7. The smallest absolute Gasteiger partial charge is 0.349 e. The fourth-order valence-corrected chi connectivity index (χ4v) is 2.57. The second-order valence-corrected chi connectivity index (χ2v) is 5.45. The number of aromatic nitrogens is 1. The van der Waals surface area contributed by atoms with Gasteiger partial charge in [0.15, 0.2) is 0 Å². The van der Waals surface area contributed by atoms with Crippen molar-refractivity contribution in [3.8, 4) is 0 Å². The zero-order chi connectivity index (χ0) is 15.3. The molecule has 1 aromatic rings. The Morgan fingerprint density at radius 1 is 1.10 bits per heavy atom. The number of rotatable bonds is 2. The number of halogens is 3. The van der Waals surface area contributed by atoms with Crippen molar-refractivity contribution in [3.05, 3.63) is 29.6 Å². The minimum atomic E-state index is -4.48. The van der Waals surface area contributed by atoms with Crippen LogP contribution < -0.4 is 5.32 Å². The Labute approximate surface area is 122 Å². The lowest BCUT2D eigenvalue weighted by molar-refractivity contribution is -0.141. The molecule has 0 aromatic carbocycles. The molecule has 1 N–H and O–H groups in total. The van der Waals surface area contributed by atoms with Crippen LogP contribution in [-0.4, -0.2) is 16.9 Å². The summed E-state index contributed by atoms with van der Waals surface area (Å²) in [5.41, 5.74) is -0.810. The molecule has 0 atom stereocenters. The largest absolute Gasteiger partial charge is 0.433 e. The summed E-state index contributed by atoms with van der Waals surface area (Å²) in [6.45, 7) is 0. The standard InChI is InChI=1S/C15H19F3N2O/c16-15(17,18)13-9-8-11(10-19-13)14(21)20-12-6-4-2-1-3-5-7-12/h8-10,12H,1-7H2,(H,20,21). The lowest BCUT2D eigenvalue weighted by Gasteiger charge is -2.21. The normalized spacial score (nSPS) is 17.9. The van der Waals surface area contributed by atoms with Crippen molar-refractivity contribution in [2.45, 2.75) is 57.2 Å². The highest BCUT2D eigenvalue weighted by Gasteiger charge is 2.32. The highest BCUT2D eigenvalue weighted by molar-refractivity contribution is 5.94. The maximum atomic E-state index is 12.4. The second kappa shape index (κ2) is 6.91. The molecular weight excluding hydrogens is 281 g/mol. The van der Waals surface area contributed by atoms with Gasteiger partial charge in [0.2, 0.25) is 0 Å². The molecule has 116 valence electrons. The van der Waals surface area contributed by atoms with Gasteiger partial charge in [0, 0.05) is 12.2 Å². The number of pyridine rings is 1. The van der Waals surface area contributed by atoms with E-state index in [4.69, 9.17) is 0 Å². The number of nitrogens with zero attached hydrogens (tertiary/aromatic N) is 1. The van der Waals surface area contributed by atoms with E-state index in [0.29, 0.717) is 0 Å². The van der Waals surface area contributed by atoms with Gasteiger partial charge in [-0.15, -0.1) is 0 Å². The fraction of sp³-hybridized carbons (Fsp3) is 0.600. The van der Waals surface area contributed by atoms with E-state index < -0.39 is 11.9 Å². The number of nitrogens with one attached hydrogen (secondary N) is 1. The molecule has 1 heterocycles. The third kappa shape index (κ3) is 4.72. The number of hydrogen-bond acceptors (Lipinski definition) is 2. The average molecular weight is 300 g/mol. The highest BCUT2D eigenvalue weighted by Crippen LogP contribution is 2.27. The van der Waals surface area contributed by atoms with Gasteiger partial charge in [-0.2, -0.15) is 13.2 Å². The van der Waals surface area contributed by atoms with Crippen molar-refractivity contribution in [1.29, 1.82) is 0 Å². The van der Waals surface area contributed by atoms with Gasteiger partial charge in [0.05, 0.1) is 5.56 Å². The summed E-state index contributed by atoms with van der Waals surface area (Å²) in [4.78, 5) is 15.4. The van der Waals surface area contributed by atoms with Gasteiger partial charge in [0.25, 0.3) is 5.91 Å². The van der Waals surface area contributed by atoms with Crippen LogP contribution in [0.2, 0.25) is 0 Å². The summed E-state index contributed by atoms with van der Waals surface area (Å²) in [7, 11) is 0. The van der Waals surface area contributed by atoms with Gasteiger partial charge in [-0.05, 0) is 25.0 Å². The Bertz CT molecular complexity index is 463. The van der Waals surface area contributed by atoms with Crippen molar-refractivity contribution in [2.24, 2.45) is 0 Å². The fourth-order valence-electron chi connectivity index (χ4n) is 2.57. The van der Waals surface area contributed by atoms with E-state index in [1.54, 1.807) is 0 Å². The minimum Gasteiger partial charge on any atom is -0.349 e. The molecule has 0 bridgehead atoms. The summed E-state index contributed by atoms with van der Waals surface area (Å²) < 4.78 is 37.2. The molecule has 0 unspecified atom stereocenters. The zero-order valence-corrected chi connectivity index (χ0v) is 11.7. The molecular formula is C15H19F3N2O. The van der Waals surface area contributed by atoms with Crippen molar-refractivity contribution >= 4 is 5.91 Å². The Morgan fingerprint density at radius 2 is 1.71 bits per heavy atom. The molecule has 1 fully saturated rings. The summed E-state index contributed by atoms with van der Waals surface area (Å²) >= 11 is 0. The van der Waals surface area contributed by atoms with E-state index in [9.17, 15) is 18.0 Å². The molecule has 1 saturated carbocycles. The first kappa shape index (κ1) is 15.8. The van der Waals surface area contributed by atoms with Crippen molar-refractivity contribution in [1.82, 2.24) is 10.3 Å². The predicted molar refractivity (Wildman–Crippen MR) is 72.8 cm³/mol. The van der Waals surface area contributed by atoms with E-state index in [0.717, 1.165) is 37.9 Å². The van der Waals surface area contributed by atoms with Gasteiger partial charge >= 0.3 is 6.18 Å². The molecule has 0 saturated heterocycles. The molecule has 0 spiro atoms. The lowest BCUT2D eigenvalue weighted by atomic mass is 9.96. The monoisotopic (exact) mass is 300 g/mol. The molecule has 6 heteroatoms. The first-order valence-corrected chi connectivity index (χ1v) is 7.31. The molecule has 1 amide bonds. The maximum absolute atomic E-state index is 12.4. The SMILES string of the molecule is O=C(NC1CCCCCCC1)c1ccc(C(F)(F)F)nc1. The summed E-state index contributed by atoms with van der Waals surface area (Å²) in [5.74, 6) is -0.346. The van der Waals surface area contributed by atoms with Crippen LogP contribution in [-0.2, 0) is 6.18 Å². The lowest BCUT2D eigenvalue weighted by Crippen LogP contribution is -2.35. The van der Waals surface area contributed by atoms with E-state index in [2.05, 4.69) is 10.3 Å². The van der Waals surface area contributed by atoms with Crippen LogP contribution in [0.25, 0.3) is 0 Å². The molecule has 21 heavy (non-hydrogen) atoms. The molecule has 1 aliphatic rings. The van der Waals surface area contributed by atoms with Gasteiger partial charge in [-0.25, -0.2) is 0 Å². The van der Waals surface area contributed by atoms with Crippen LogP contribution in [0.4, 0.5) is 13.2 Å². The van der Waals surface area contributed by atoms with Crippen LogP contribution in [0.15, 0.2) is 18.3 Å². The number of alkyl halides is 3. The van der Waals surface area contributed by atoms with Gasteiger partial charge < -0.3 is 5.32 Å². The third-order valence-corrected chi connectivity index (χ3v) is 3.76. The van der Waals surface area contributed by atoms with Gasteiger partial charge in [-0.1, -0.05) is 32.1 Å². The van der Waals surface area contributed by atoms with Crippen LogP contribution in [0.3, 0.4) is 0 Å². The van der Waals surface area contributed by atoms with Gasteiger partial charge in [0.1, 0.15) is 5.69 Å². The van der Waals surface area contributed by atoms with Crippen LogP contribution in [0, 0.1) is 0 Å². The summed E-state index contributed by atoms with van der Waals surface area (Å²) in [5, 5.41) is 2.90. The molecule has 2 rings (SSSR count). The molecule has 1 aliphatic carbocycles. The summed E-state index contributed by atoms with van der Waals surface area (Å²) in [6, 6.07) is 2.13. The molecule has 1 aromatic heterocycles. The quantitative estimate of drug-likeness (QED) is 0.898. The molecule has 3 nitrogen and oxygen atoms in total. The number of amides is 1.